The molecule has 0 saturated carbocycles. The van der Waals surface area contributed by atoms with Crippen molar-refractivity contribution >= 4 is 17.9 Å². The van der Waals surface area contributed by atoms with Gasteiger partial charge in [0, 0.05) is 19.3 Å². The number of hydrogen-bond acceptors (Lipinski definition) is 6. The first-order chi connectivity index (χ1) is 31.0. The minimum atomic E-state index is -0.822. The highest BCUT2D eigenvalue weighted by atomic mass is 16.6. The van der Waals surface area contributed by atoms with Crippen LogP contribution in [0.15, 0.2) is 109 Å². The van der Waals surface area contributed by atoms with Crippen LogP contribution in [-0.4, -0.2) is 37.2 Å². The molecule has 0 bridgehead atoms. The molecule has 0 aromatic rings. The zero-order valence-electron chi connectivity index (χ0n) is 40.5. The zero-order chi connectivity index (χ0) is 45.8. The van der Waals surface area contributed by atoms with Crippen molar-refractivity contribution in [2.45, 2.75) is 219 Å². The summed E-state index contributed by atoms with van der Waals surface area (Å²) in [6.45, 7) is 6.30. The van der Waals surface area contributed by atoms with Crippen molar-refractivity contribution in [2.24, 2.45) is 0 Å². The van der Waals surface area contributed by atoms with Gasteiger partial charge in [0.15, 0.2) is 6.10 Å². The molecule has 0 saturated heterocycles. The molecule has 0 aromatic carbocycles. The summed E-state index contributed by atoms with van der Waals surface area (Å²) in [5.74, 6) is -1.04. The van der Waals surface area contributed by atoms with Gasteiger partial charge in [0.1, 0.15) is 13.2 Å². The highest BCUT2D eigenvalue weighted by Gasteiger charge is 2.19. The predicted octanol–water partition coefficient (Wildman–Crippen LogP) is 16.8. The fourth-order valence-corrected chi connectivity index (χ4v) is 6.50. The van der Waals surface area contributed by atoms with E-state index in [0.29, 0.717) is 19.3 Å². The number of hydrogen-bond donors (Lipinski definition) is 0. The van der Waals surface area contributed by atoms with Gasteiger partial charge < -0.3 is 14.2 Å². The second-order valence-corrected chi connectivity index (χ2v) is 16.3. The van der Waals surface area contributed by atoms with Crippen molar-refractivity contribution < 1.29 is 28.6 Å². The molecule has 0 fully saturated rings. The zero-order valence-corrected chi connectivity index (χ0v) is 40.5. The quantitative estimate of drug-likeness (QED) is 0.0263. The maximum absolute atomic E-state index is 12.8. The van der Waals surface area contributed by atoms with Gasteiger partial charge in [-0.15, -0.1) is 0 Å². The van der Waals surface area contributed by atoms with Gasteiger partial charge in [0.25, 0.3) is 0 Å². The van der Waals surface area contributed by atoms with E-state index in [4.69, 9.17) is 14.2 Å². The van der Waals surface area contributed by atoms with Gasteiger partial charge in [-0.25, -0.2) is 0 Å². The molecule has 6 nitrogen and oxygen atoms in total. The van der Waals surface area contributed by atoms with Crippen LogP contribution in [0.3, 0.4) is 0 Å². The van der Waals surface area contributed by atoms with Crippen molar-refractivity contribution in [3.8, 4) is 0 Å². The smallest absolute Gasteiger partial charge is 0.306 e. The second-order valence-electron chi connectivity index (χ2n) is 16.3. The molecule has 0 heterocycles. The maximum atomic E-state index is 12.8. The number of ether oxygens (including phenoxy) is 3. The van der Waals surface area contributed by atoms with Crippen LogP contribution in [0.2, 0.25) is 0 Å². The summed E-state index contributed by atoms with van der Waals surface area (Å²) in [6, 6.07) is 0. The van der Waals surface area contributed by atoms with Crippen molar-refractivity contribution in [1.29, 1.82) is 0 Å². The van der Waals surface area contributed by atoms with E-state index in [1.54, 1.807) is 0 Å². The third-order valence-corrected chi connectivity index (χ3v) is 10.3. The number of carbonyl (C=O) groups is 3. The summed E-state index contributed by atoms with van der Waals surface area (Å²) in [6.07, 6.45) is 68.0. The van der Waals surface area contributed by atoms with Gasteiger partial charge >= 0.3 is 17.9 Å². The van der Waals surface area contributed by atoms with Crippen LogP contribution >= 0.6 is 0 Å². The van der Waals surface area contributed by atoms with Crippen LogP contribution in [0.4, 0.5) is 0 Å². The monoisotopic (exact) mass is 873 g/mol. The Morgan fingerprint density at radius 1 is 0.333 bits per heavy atom. The molecular weight excluding hydrogens is 781 g/mol. The highest BCUT2D eigenvalue weighted by molar-refractivity contribution is 5.71. The molecule has 1 unspecified atom stereocenters. The number of carbonyl (C=O) groups excluding carboxylic acids is 3. The Hall–Kier alpha value is -3.93. The van der Waals surface area contributed by atoms with E-state index in [0.717, 1.165) is 116 Å². The normalized spacial score (nSPS) is 13.0. The van der Waals surface area contributed by atoms with E-state index in [-0.39, 0.29) is 37.5 Å². The fourth-order valence-electron chi connectivity index (χ4n) is 6.50. The second kappa shape index (κ2) is 50.7. The van der Waals surface area contributed by atoms with E-state index < -0.39 is 6.10 Å². The van der Waals surface area contributed by atoms with Gasteiger partial charge in [-0.1, -0.05) is 194 Å². The lowest BCUT2D eigenvalue weighted by atomic mass is 10.1. The lowest BCUT2D eigenvalue weighted by Gasteiger charge is -2.18. The van der Waals surface area contributed by atoms with Gasteiger partial charge in [-0.3, -0.25) is 14.4 Å². The minimum Gasteiger partial charge on any atom is -0.462 e. The molecule has 0 radical (unpaired) electrons. The first kappa shape index (κ1) is 59.1. The van der Waals surface area contributed by atoms with Gasteiger partial charge in [-0.2, -0.15) is 0 Å². The molecule has 0 rings (SSSR count). The Balaban J connectivity index is 4.55. The van der Waals surface area contributed by atoms with Crippen LogP contribution in [-0.2, 0) is 28.6 Å². The van der Waals surface area contributed by atoms with Crippen molar-refractivity contribution in [3.63, 3.8) is 0 Å². The van der Waals surface area contributed by atoms with Gasteiger partial charge in [-0.05, 0) is 109 Å². The first-order valence-electron chi connectivity index (χ1n) is 25.4. The standard InChI is InChI=1S/C57H92O6/c1-4-7-10-13-16-19-22-25-27-29-32-35-38-41-44-47-50-56(59)62-53-54(52-61-55(58)49-46-43-40-37-34-31-24-21-18-15-12-9-6-3)63-57(60)51-48-45-42-39-36-33-30-28-26-23-20-17-14-11-8-5-2/h7-8,10-11,16-17,19-20,25-28,31-32,34-35,41,44,54H,4-6,9,12-15,18,21-24,29-30,33,36-40,42-43,45-53H2,1-3H3/b10-7-,11-8-,19-16-,20-17-,27-25-,28-26-,34-31-,35-32-,44-41-. The van der Waals surface area contributed by atoms with E-state index in [2.05, 4.69) is 118 Å². The molecular formula is C57H92O6. The number of rotatable bonds is 44. The number of unbranched alkanes of at least 4 members (excludes halogenated alkanes) is 15. The Morgan fingerprint density at radius 3 is 1.10 bits per heavy atom. The molecule has 1 atom stereocenters. The van der Waals surface area contributed by atoms with Crippen LogP contribution in [0.25, 0.3) is 0 Å². The summed E-state index contributed by atoms with van der Waals surface area (Å²) in [7, 11) is 0. The Morgan fingerprint density at radius 2 is 0.651 bits per heavy atom. The topological polar surface area (TPSA) is 78.9 Å². The summed E-state index contributed by atoms with van der Waals surface area (Å²) in [4.78, 5) is 37.9. The molecule has 0 aliphatic heterocycles. The van der Waals surface area contributed by atoms with Crippen LogP contribution in [0.5, 0.6) is 0 Å². The van der Waals surface area contributed by atoms with Crippen LogP contribution < -0.4 is 0 Å². The van der Waals surface area contributed by atoms with Crippen molar-refractivity contribution in [3.05, 3.63) is 109 Å². The predicted molar refractivity (Wildman–Crippen MR) is 270 cm³/mol. The first-order valence-corrected chi connectivity index (χ1v) is 25.4. The SMILES string of the molecule is CC/C=C\C/C=C\C/C=C\C/C=C\C/C=C\CCC(=O)OCC(COC(=O)CCCCC/C=C\CCCCCCCC)OC(=O)CCCCCCCC/C=C\C/C=C\C/C=C\CC. The summed E-state index contributed by atoms with van der Waals surface area (Å²) in [5.41, 5.74) is 0. The van der Waals surface area contributed by atoms with Gasteiger partial charge in [0.05, 0.1) is 0 Å². The number of esters is 3. The molecule has 63 heavy (non-hydrogen) atoms. The van der Waals surface area contributed by atoms with Gasteiger partial charge in [0.2, 0.25) is 0 Å². The third kappa shape index (κ3) is 49.0. The highest BCUT2D eigenvalue weighted by Crippen LogP contribution is 2.12. The molecule has 356 valence electrons. The molecule has 0 aliphatic rings. The molecule has 0 N–H and O–H groups in total. The molecule has 0 aliphatic carbocycles. The molecule has 0 spiro atoms. The maximum Gasteiger partial charge on any atom is 0.306 e. The molecule has 0 aromatic heterocycles. The number of allylic oxidation sites excluding steroid dienone is 18. The summed E-state index contributed by atoms with van der Waals surface area (Å²) >= 11 is 0. The van der Waals surface area contributed by atoms with E-state index in [1.165, 1.54) is 51.4 Å². The van der Waals surface area contributed by atoms with Crippen molar-refractivity contribution in [2.75, 3.05) is 13.2 Å². The van der Waals surface area contributed by atoms with E-state index >= 15 is 0 Å². The Labute approximate surface area is 387 Å². The van der Waals surface area contributed by atoms with Crippen molar-refractivity contribution in [1.82, 2.24) is 0 Å². The van der Waals surface area contributed by atoms with E-state index in [9.17, 15) is 14.4 Å². The van der Waals surface area contributed by atoms with E-state index in [1.807, 2.05) is 12.2 Å². The van der Waals surface area contributed by atoms with Crippen LogP contribution in [0.1, 0.15) is 213 Å². The lowest BCUT2D eigenvalue weighted by Crippen LogP contribution is -2.30. The van der Waals surface area contributed by atoms with Crippen LogP contribution in [0, 0.1) is 0 Å². The summed E-state index contributed by atoms with van der Waals surface area (Å²) < 4.78 is 16.7. The molecule has 0 amide bonds. The lowest BCUT2D eigenvalue weighted by molar-refractivity contribution is -0.166. The Kier molecular flexibility index (Phi) is 47.5. The minimum absolute atomic E-state index is 0.116. The average Bonchev–Trinajstić information content (AvgIpc) is 3.28. The largest absolute Gasteiger partial charge is 0.462 e. The Bertz CT molecular complexity index is 1330. The fraction of sp³-hybridized carbons (Fsp3) is 0.632. The molecule has 6 heteroatoms. The average molecular weight is 873 g/mol. The third-order valence-electron chi connectivity index (χ3n) is 10.3. The summed E-state index contributed by atoms with van der Waals surface area (Å²) in [5, 5.41) is 0.